The van der Waals surface area contributed by atoms with Crippen molar-refractivity contribution in [3.8, 4) is 5.75 Å². The SMILES string of the molecule is COCCN1C(=O)c2ccccc2[C@H](C(=O)N2CCN(c3ccc(OC)cc3)CC2)[C@H]1c1ccc(F)cc1. The van der Waals surface area contributed by atoms with Gasteiger partial charge in [-0.1, -0.05) is 30.3 Å². The van der Waals surface area contributed by atoms with E-state index in [0.29, 0.717) is 50.5 Å². The molecule has 2 aliphatic rings. The number of halogens is 1. The number of fused-ring (bicyclic) bond motifs is 1. The van der Waals surface area contributed by atoms with Crippen molar-refractivity contribution in [2.24, 2.45) is 0 Å². The first kappa shape index (κ1) is 25.7. The predicted octanol–water partition coefficient (Wildman–Crippen LogP) is 4.11. The third-order valence-corrected chi connectivity index (χ3v) is 7.48. The molecule has 2 atom stereocenters. The van der Waals surface area contributed by atoms with Crippen molar-refractivity contribution < 1.29 is 23.5 Å². The highest BCUT2D eigenvalue weighted by molar-refractivity contribution is 6.01. The van der Waals surface area contributed by atoms with Crippen LogP contribution in [0.2, 0.25) is 0 Å². The third-order valence-electron chi connectivity index (χ3n) is 7.48. The second-order valence-corrected chi connectivity index (χ2v) is 9.56. The van der Waals surface area contributed by atoms with Gasteiger partial charge in [-0.25, -0.2) is 4.39 Å². The number of rotatable bonds is 7. The molecule has 8 heteroatoms. The molecular formula is C30H32FN3O4. The van der Waals surface area contributed by atoms with Gasteiger partial charge in [0.15, 0.2) is 0 Å². The molecule has 0 aromatic heterocycles. The van der Waals surface area contributed by atoms with E-state index >= 15 is 0 Å². The van der Waals surface area contributed by atoms with E-state index in [1.54, 1.807) is 37.3 Å². The molecule has 0 radical (unpaired) electrons. The van der Waals surface area contributed by atoms with E-state index < -0.39 is 12.0 Å². The lowest BCUT2D eigenvalue weighted by atomic mass is 9.78. The minimum Gasteiger partial charge on any atom is -0.497 e. The molecule has 0 bridgehead atoms. The molecule has 0 aliphatic carbocycles. The molecule has 7 nitrogen and oxygen atoms in total. The lowest BCUT2D eigenvalue weighted by Crippen LogP contribution is -2.53. The summed E-state index contributed by atoms with van der Waals surface area (Å²) in [7, 11) is 3.23. The zero-order valence-electron chi connectivity index (χ0n) is 21.7. The van der Waals surface area contributed by atoms with Crippen molar-refractivity contribution in [3.05, 3.63) is 95.3 Å². The van der Waals surface area contributed by atoms with Crippen molar-refractivity contribution >= 4 is 17.5 Å². The summed E-state index contributed by atoms with van der Waals surface area (Å²) in [5.74, 6) is -0.356. The van der Waals surface area contributed by atoms with E-state index in [4.69, 9.17) is 9.47 Å². The number of amides is 2. The van der Waals surface area contributed by atoms with Crippen molar-refractivity contribution in [2.45, 2.75) is 12.0 Å². The van der Waals surface area contributed by atoms with Crippen LogP contribution in [0.3, 0.4) is 0 Å². The van der Waals surface area contributed by atoms with Crippen LogP contribution in [-0.4, -0.2) is 75.2 Å². The molecule has 0 spiro atoms. The predicted molar refractivity (Wildman–Crippen MR) is 143 cm³/mol. The Bertz CT molecular complexity index is 1270. The Labute approximate surface area is 222 Å². The summed E-state index contributed by atoms with van der Waals surface area (Å²) in [5, 5.41) is 0. The number of nitrogens with zero attached hydrogens (tertiary/aromatic N) is 3. The summed E-state index contributed by atoms with van der Waals surface area (Å²) in [5.41, 5.74) is 3.04. The van der Waals surface area contributed by atoms with Gasteiger partial charge in [0.1, 0.15) is 11.6 Å². The molecule has 0 unspecified atom stereocenters. The number of hydrogen-bond acceptors (Lipinski definition) is 5. The largest absolute Gasteiger partial charge is 0.497 e. The van der Waals surface area contributed by atoms with Crippen LogP contribution in [0.1, 0.15) is 33.4 Å². The average Bonchev–Trinajstić information content (AvgIpc) is 2.97. The molecule has 3 aromatic carbocycles. The Balaban J connectivity index is 1.46. The molecule has 0 N–H and O–H groups in total. The van der Waals surface area contributed by atoms with Gasteiger partial charge < -0.3 is 24.2 Å². The Morgan fingerprint density at radius 2 is 1.61 bits per heavy atom. The first-order valence-corrected chi connectivity index (χ1v) is 12.8. The van der Waals surface area contributed by atoms with Crippen LogP contribution in [0.4, 0.5) is 10.1 Å². The second-order valence-electron chi connectivity index (χ2n) is 9.56. The van der Waals surface area contributed by atoms with Gasteiger partial charge in [-0.2, -0.15) is 0 Å². The number of ether oxygens (including phenoxy) is 2. The van der Waals surface area contributed by atoms with Crippen LogP contribution in [0, 0.1) is 5.82 Å². The summed E-state index contributed by atoms with van der Waals surface area (Å²) in [6.45, 7) is 3.16. The lowest BCUT2D eigenvalue weighted by molar-refractivity contribution is -0.135. The van der Waals surface area contributed by atoms with Gasteiger partial charge in [-0.15, -0.1) is 0 Å². The highest BCUT2D eigenvalue weighted by Crippen LogP contribution is 2.43. The summed E-state index contributed by atoms with van der Waals surface area (Å²) >= 11 is 0. The van der Waals surface area contributed by atoms with E-state index in [-0.39, 0.29) is 17.6 Å². The van der Waals surface area contributed by atoms with E-state index in [9.17, 15) is 14.0 Å². The second kappa shape index (κ2) is 11.2. The standard InChI is InChI=1S/C30H32FN3O4/c1-37-20-19-34-28(21-7-9-22(31)10-8-21)27(25-5-3-4-6-26(25)29(34)35)30(36)33-17-15-32(16-18-33)23-11-13-24(38-2)14-12-23/h3-14,27-28H,15-20H2,1-2H3/t27-,28+/m0/s1. The molecule has 2 amide bonds. The van der Waals surface area contributed by atoms with E-state index in [1.165, 1.54) is 12.1 Å². The van der Waals surface area contributed by atoms with Crippen LogP contribution in [0.5, 0.6) is 5.75 Å². The Morgan fingerprint density at radius 3 is 2.26 bits per heavy atom. The van der Waals surface area contributed by atoms with Crippen LogP contribution in [0.15, 0.2) is 72.8 Å². The monoisotopic (exact) mass is 517 g/mol. The molecule has 5 rings (SSSR count). The van der Waals surface area contributed by atoms with Crippen molar-refractivity contribution in [2.75, 3.05) is 58.5 Å². The maximum absolute atomic E-state index is 14.3. The summed E-state index contributed by atoms with van der Waals surface area (Å²) in [6, 6.07) is 20.8. The molecule has 1 fully saturated rings. The first-order chi connectivity index (χ1) is 18.5. The molecule has 38 heavy (non-hydrogen) atoms. The van der Waals surface area contributed by atoms with Crippen molar-refractivity contribution in [1.82, 2.24) is 9.80 Å². The van der Waals surface area contributed by atoms with Crippen LogP contribution < -0.4 is 9.64 Å². The van der Waals surface area contributed by atoms with Gasteiger partial charge in [-0.05, 0) is 53.6 Å². The summed E-state index contributed by atoms with van der Waals surface area (Å²) in [4.78, 5) is 33.7. The molecule has 3 aromatic rings. The topological polar surface area (TPSA) is 62.3 Å². The fourth-order valence-corrected chi connectivity index (χ4v) is 5.50. The molecule has 2 heterocycles. The fourth-order valence-electron chi connectivity index (χ4n) is 5.50. The Morgan fingerprint density at radius 1 is 0.921 bits per heavy atom. The normalized spacial score (nSPS) is 19.3. The Hall–Kier alpha value is -3.91. The zero-order chi connectivity index (χ0) is 26.6. The van der Waals surface area contributed by atoms with Crippen molar-refractivity contribution in [1.29, 1.82) is 0 Å². The molecule has 2 aliphatic heterocycles. The number of carbonyl (C=O) groups is 2. The number of piperazine rings is 1. The minimum absolute atomic E-state index is 0.0314. The van der Waals surface area contributed by atoms with E-state index in [2.05, 4.69) is 4.90 Å². The summed E-state index contributed by atoms with van der Waals surface area (Å²) in [6.07, 6.45) is 0. The average molecular weight is 518 g/mol. The van der Waals surface area contributed by atoms with Gasteiger partial charge in [0.2, 0.25) is 5.91 Å². The number of hydrogen-bond donors (Lipinski definition) is 0. The highest BCUT2D eigenvalue weighted by Gasteiger charge is 2.45. The van der Waals surface area contributed by atoms with Crippen LogP contribution in [0.25, 0.3) is 0 Å². The molecule has 0 saturated carbocycles. The smallest absolute Gasteiger partial charge is 0.254 e. The van der Waals surface area contributed by atoms with E-state index in [1.807, 2.05) is 47.4 Å². The quantitative estimate of drug-likeness (QED) is 0.472. The fraction of sp³-hybridized carbons (Fsp3) is 0.333. The highest BCUT2D eigenvalue weighted by atomic mass is 19.1. The number of benzene rings is 3. The van der Waals surface area contributed by atoms with Crippen LogP contribution >= 0.6 is 0 Å². The Kier molecular flexibility index (Phi) is 7.60. The molecular weight excluding hydrogens is 485 g/mol. The van der Waals surface area contributed by atoms with Gasteiger partial charge in [0, 0.05) is 51.1 Å². The first-order valence-electron chi connectivity index (χ1n) is 12.8. The number of methoxy groups -OCH3 is 2. The number of anilines is 1. The maximum atomic E-state index is 14.3. The maximum Gasteiger partial charge on any atom is 0.254 e. The van der Waals surface area contributed by atoms with Crippen LogP contribution in [-0.2, 0) is 9.53 Å². The minimum atomic E-state index is -0.612. The molecule has 1 saturated heterocycles. The zero-order valence-corrected chi connectivity index (χ0v) is 21.7. The van der Waals surface area contributed by atoms with Gasteiger partial charge in [0.05, 0.1) is 25.7 Å². The lowest BCUT2D eigenvalue weighted by Gasteiger charge is -2.44. The van der Waals surface area contributed by atoms with Crippen molar-refractivity contribution in [3.63, 3.8) is 0 Å². The van der Waals surface area contributed by atoms with Gasteiger partial charge in [-0.3, -0.25) is 9.59 Å². The third kappa shape index (κ3) is 4.96. The summed E-state index contributed by atoms with van der Waals surface area (Å²) < 4.78 is 24.4. The van der Waals surface area contributed by atoms with Gasteiger partial charge in [0.25, 0.3) is 5.91 Å². The van der Waals surface area contributed by atoms with Gasteiger partial charge >= 0.3 is 0 Å². The van der Waals surface area contributed by atoms with E-state index in [0.717, 1.165) is 17.0 Å². The molecule has 198 valence electrons. The number of carbonyl (C=O) groups excluding carboxylic acids is 2.